The molecule has 3 heterocycles. The summed E-state index contributed by atoms with van der Waals surface area (Å²) >= 11 is 0. The second-order valence-corrected chi connectivity index (χ2v) is 7.69. The number of β-amino-alcohol motifs (C(OH)–C–C–N with tert-alkyl or cyclic N) is 1. The van der Waals surface area contributed by atoms with E-state index in [4.69, 9.17) is 0 Å². The predicted molar refractivity (Wildman–Crippen MR) is 102 cm³/mol. The molecule has 2 saturated heterocycles. The zero-order valence-electron chi connectivity index (χ0n) is 15.9. The highest BCUT2D eigenvalue weighted by Crippen LogP contribution is 2.25. The molecule has 1 atom stereocenters. The van der Waals surface area contributed by atoms with Gasteiger partial charge >= 0.3 is 0 Å². The Hall–Kier alpha value is -1.99. The monoisotopic (exact) mass is 374 g/mol. The smallest absolute Gasteiger partial charge is 0.252 e. The first-order valence-corrected chi connectivity index (χ1v) is 9.96. The molecule has 2 amide bonds. The van der Waals surface area contributed by atoms with Crippen LogP contribution in [0, 0.1) is 0 Å². The summed E-state index contributed by atoms with van der Waals surface area (Å²) in [6.45, 7) is 4.43. The van der Waals surface area contributed by atoms with Crippen molar-refractivity contribution in [2.24, 2.45) is 0 Å². The Labute approximate surface area is 160 Å². The van der Waals surface area contributed by atoms with Gasteiger partial charge in [-0.15, -0.1) is 0 Å². The lowest BCUT2D eigenvalue weighted by atomic mass is 9.94. The van der Waals surface area contributed by atoms with Crippen LogP contribution in [0.1, 0.15) is 48.9 Å². The van der Waals surface area contributed by atoms with Gasteiger partial charge in [-0.3, -0.25) is 14.6 Å². The van der Waals surface area contributed by atoms with Crippen LogP contribution in [0.2, 0.25) is 0 Å². The lowest BCUT2D eigenvalue weighted by Crippen LogP contribution is -2.43. The van der Waals surface area contributed by atoms with Gasteiger partial charge in [0.2, 0.25) is 5.91 Å². The minimum atomic E-state index is -0.687. The number of hydrogen-bond acceptors (Lipinski definition) is 5. The molecule has 0 aromatic carbocycles. The van der Waals surface area contributed by atoms with E-state index in [1.165, 1.54) is 19.0 Å². The first-order chi connectivity index (χ1) is 13.1. The number of aromatic nitrogens is 1. The van der Waals surface area contributed by atoms with Crippen LogP contribution in [0.3, 0.4) is 0 Å². The molecule has 2 aliphatic heterocycles. The van der Waals surface area contributed by atoms with Gasteiger partial charge in [-0.2, -0.15) is 0 Å². The van der Waals surface area contributed by atoms with Crippen molar-refractivity contribution in [1.82, 2.24) is 20.1 Å². The van der Waals surface area contributed by atoms with Crippen LogP contribution < -0.4 is 5.32 Å². The van der Waals surface area contributed by atoms with Gasteiger partial charge in [-0.05, 0) is 57.3 Å². The molecule has 2 fully saturated rings. The molecule has 0 bridgehead atoms. The van der Waals surface area contributed by atoms with Crippen molar-refractivity contribution < 1.29 is 14.7 Å². The molecule has 0 spiro atoms. The van der Waals surface area contributed by atoms with E-state index in [0.717, 1.165) is 32.5 Å². The van der Waals surface area contributed by atoms with Crippen LogP contribution in [0.25, 0.3) is 0 Å². The minimum Gasteiger partial charge on any atom is -0.388 e. The van der Waals surface area contributed by atoms with Gasteiger partial charge in [0.1, 0.15) is 0 Å². The number of likely N-dealkylation sites (tertiary alicyclic amines) is 2. The largest absolute Gasteiger partial charge is 0.388 e. The topological polar surface area (TPSA) is 85.8 Å². The Morgan fingerprint density at radius 1 is 1.15 bits per heavy atom. The van der Waals surface area contributed by atoms with Crippen LogP contribution in [0.4, 0.5) is 0 Å². The fourth-order valence-electron chi connectivity index (χ4n) is 3.98. The number of nitrogens with zero attached hydrogens (tertiary/aromatic N) is 3. The van der Waals surface area contributed by atoms with E-state index >= 15 is 0 Å². The van der Waals surface area contributed by atoms with E-state index in [1.807, 2.05) is 4.90 Å². The lowest BCUT2D eigenvalue weighted by Gasteiger charge is -2.31. The van der Waals surface area contributed by atoms with E-state index in [9.17, 15) is 14.7 Å². The molecule has 3 rings (SSSR count). The molecule has 0 unspecified atom stereocenters. The van der Waals surface area contributed by atoms with Crippen LogP contribution in [-0.2, 0) is 4.79 Å². The molecular formula is C20H30N4O3. The van der Waals surface area contributed by atoms with Crippen LogP contribution in [0.5, 0.6) is 0 Å². The van der Waals surface area contributed by atoms with E-state index in [2.05, 4.69) is 15.2 Å². The maximum absolute atomic E-state index is 12.5. The minimum absolute atomic E-state index is 0.0342. The van der Waals surface area contributed by atoms with Gasteiger partial charge < -0.3 is 20.2 Å². The number of hydrogen-bond donors (Lipinski definition) is 2. The maximum atomic E-state index is 12.5. The van der Waals surface area contributed by atoms with Gasteiger partial charge in [-0.25, -0.2) is 0 Å². The number of carbonyl (C=O) groups excluding carboxylic acids is 2. The van der Waals surface area contributed by atoms with Crippen molar-refractivity contribution in [3.8, 4) is 0 Å². The average molecular weight is 374 g/mol. The lowest BCUT2D eigenvalue weighted by molar-refractivity contribution is -0.131. The maximum Gasteiger partial charge on any atom is 0.252 e. The number of carbonyl (C=O) groups is 2. The summed E-state index contributed by atoms with van der Waals surface area (Å²) in [6.07, 6.45) is 8.01. The summed E-state index contributed by atoms with van der Waals surface area (Å²) in [5, 5.41) is 13.7. The highest BCUT2D eigenvalue weighted by Gasteiger charge is 2.33. The first-order valence-electron chi connectivity index (χ1n) is 9.96. The fourth-order valence-corrected chi connectivity index (χ4v) is 3.98. The zero-order chi connectivity index (χ0) is 19.1. The van der Waals surface area contributed by atoms with Crippen LogP contribution in [-0.4, -0.2) is 76.6 Å². The molecular weight excluding hydrogens is 344 g/mol. The van der Waals surface area contributed by atoms with Crippen molar-refractivity contribution in [1.29, 1.82) is 0 Å². The first kappa shape index (κ1) is 19.8. The predicted octanol–water partition coefficient (Wildman–Crippen LogP) is 1.04. The van der Waals surface area contributed by atoms with E-state index < -0.39 is 5.60 Å². The molecule has 1 aromatic rings. The third-order valence-corrected chi connectivity index (χ3v) is 5.53. The van der Waals surface area contributed by atoms with E-state index in [0.29, 0.717) is 31.6 Å². The summed E-state index contributed by atoms with van der Waals surface area (Å²) in [6, 6.07) is 3.40. The molecule has 27 heavy (non-hydrogen) atoms. The molecule has 7 nitrogen and oxygen atoms in total. The van der Waals surface area contributed by atoms with Crippen molar-refractivity contribution in [2.75, 3.05) is 39.3 Å². The van der Waals surface area contributed by atoms with Gasteiger partial charge in [0, 0.05) is 45.0 Å². The molecule has 7 heteroatoms. The zero-order valence-corrected chi connectivity index (χ0v) is 15.9. The van der Waals surface area contributed by atoms with E-state index in [-0.39, 0.29) is 18.2 Å². The average Bonchev–Trinajstić information content (AvgIpc) is 3.09. The van der Waals surface area contributed by atoms with Gasteiger partial charge in [0.25, 0.3) is 5.91 Å². The standard InChI is InChI=1S/C20H30N4O3/c25-18(6-10-22-19(26)17-5-3-9-21-15-17)24-13-4-7-20(27,8-14-24)16-23-11-1-2-12-23/h3,5,9,15,27H,1-2,4,6-8,10-14,16H2,(H,22,26)/t20-/m0/s1. The number of rotatable bonds is 6. The number of aliphatic hydroxyl groups is 1. The summed E-state index contributed by atoms with van der Waals surface area (Å²) in [7, 11) is 0. The van der Waals surface area contributed by atoms with Gasteiger partial charge in [0.15, 0.2) is 0 Å². The molecule has 0 saturated carbocycles. The molecule has 148 valence electrons. The second kappa shape index (κ2) is 9.28. The van der Waals surface area contributed by atoms with Crippen LogP contribution in [0.15, 0.2) is 24.5 Å². The highest BCUT2D eigenvalue weighted by atomic mass is 16.3. The second-order valence-electron chi connectivity index (χ2n) is 7.69. The molecule has 1 aromatic heterocycles. The Bertz CT molecular complexity index is 633. The Balaban J connectivity index is 1.41. The fraction of sp³-hybridized carbons (Fsp3) is 0.650. The third-order valence-electron chi connectivity index (χ3n) is 5.53. The summed E-state index contributed by atoms with van der Waals surface area (Å²) in [4.78, 5) is 32.6. The highest BCUT2D eigenvalue weighted by molar-refractivity contribution is 5.94. The van der Waals surface area contributed by atoms with Crippen molar-refractivity contribution in [3.05, 3.63) is 30.1 Å². The quantitative estimate of drug-likeness (QED) is 0.777. The normalized spacial score (nSPS) is 23.8. The Kier molecular flexibility index (Phi) is 6.79. The van der Waals surface area contributed by atoms with Crippen molar-refractivity contribution >= 4 is 11.8 Å². The summed E-state index contributed by atoms with van der Waals surface area (Å²) in [5.41, 5.74) is -0.194. The SMILES string of the molecule is O=C(NCCC(=O)N1CCC[C@@](O)(CN2CCCC2)CC1)c1cccnc1. The number of pyridine rings is 1. The molecule has 2 aliphatic rings. The summed E-state index contributed by atoms with van der Waals surface area (Å²) in [5.74, 6) is -0.182. The molecule has 0 radical (unpaired) electrons. The number of amides is 2. The van der Waals surface area contributed by atoms with Crippen molar-refractivity contribution in [2.45, 2.75) is 44.1 Å². The Morgan fingerprint density at radius 2 is 1.96 bits per heavy atom. The molecule has 0 aliphatic carbocycles. The summed E-state index contributed by atoms with van der Waals surface area (Å²) < 4.78 is 0. The number of nitrogens with one attached hydrogen (secondary N) is 1. The Morgan fingerprint density at radius 3 is 2.70 bits per heavy atom. The third kappa shape index (κ3) is 5.74. The van der Waals surface area contributed by atoms with E-state index in [1.54, 1.807) is 18.3 Å². The van der Waals surface area contributed by atoms with Gasteiger partial charge in [-0.1, -0.05) is 0 Å². The molecule has 2 N–H and O–H groups in total. The van der Waals surface area contributed by atoms with Crippen molar-refractivity contribution in [3.63, 3.8) is 0 Å². The van der Waals surface area contributed by atoms with Gasteiger partial charge in [0.05, 0.1) is 11.2 Å². The van der Waals surface area contributed by atoms with Crippen LogP contribution >= 0.6 is 0 Å².